The Morgan fingerprint density at radius 1 is 1.89 bits per heavy atom. The van der Waals surface area contributed by atoms with Crippen LogP contribution in [0.5, 0.6) is 0 Å². The molecule has 0 aromatic rings. The summed E-state index contributed by atoms with van der Waals surface area (Å²) in [5.41, 5.74) is 5.04. The molecule has 0 bridgehead atoms. The normalized spacial score (nSPS) is 54.7. The molecule has 0 aromatic carbocycles. The minimum absolute atomic E-state index is 0.0579. The monoisotopic (exact) mass is 127 g/mol. The van der Waals surface area contributed by atoms with Crippen molar-refractivity contribution < 1.29 is 9.53 Å². The van der Waals surface area contributed by atoms with Gasteiger partial charge in [0, 0.05) is 5.92 Å². The summed E-state index contributed by atoms with van der Waals surface area (Å²) in [4.78, 5) is 10.8. The van der Waals surface area contributed by atoms with Crippen molar-refractivity contribution in [3.63, 3.8) is 0 Å². The van der Waals surface area contributed by atoms with Gasteiger partial charge in [0.25, 0.3) is 0 Å². The number of hydrogen-bond donors (Lipinski definition) is 1. The van der Waals surface area contributed by atoms with Crippen molar-refractivity contribution in [3.8, 4) is 0 Å². The average Bonchev–Trinajstić information content (AvgIpc) is 2.38. The minimum Gasteiger partial charge on any atom is -0.461 e. The molecule has 2 N–H and O–H groups in total. The molecular weight excluding hydrogens is 118 g/mol. The molecule has 0 spiro atoms. The van der Waals surface area contributed by atoms with Gasteiger partial charge < -0.3 is 10.5 Å². The molecule has 0 amide bonds. The van der Waals surface area contributed by atoms with Gasteiger partial charge in [-0.05, 0) is 13.3 Å². The molecule has 50 valence electrons. The van der Waals surface area contributed by atoms with Gasteiger partial charge in [0.15, 0.2) is 0 Å². The predicted molar refractivity (Wildman–Crippen MR) is 30.6 cm³/mol. The van der Waals surface area contributed by atoms with Gasteiger partial charge in [0.05, 0.1) is 0 Å². The van der Waals surface area contributed by atoms with E-state index in [-0.39, 0.29) is 12.1 Å². The number of hydrogen-bond acceptors (Lipinski definition) is 3. The van der Waals surface area contributed by atoms with Gasteiger partial charge in [-0.2, -0.15) is 0 Å². The molecule has 3 nitrogen and oxygen atoms in total. The van der Waals surface area contributed by atoms with Crippen molar-refractivity contribution in [2.75, 3.05) is 0 Å². The number of carbonyl (C=O) groups is 1. The first-order valence-electron chi connectivity index (χ1n) is 3.14. The second kappa shape index (κ2) is 1.14. The average molecular weight is 127 g/mol. The Labute approximate surface area is 53.2 Å². The van der Waals surface area contributed by atoms with Crippen molar-refractivity contribution in [2.24, 2.45) is 11.7 Å². The Balaban J connectivity index is 2.28. The Morgan fingerprint density at radius 2 is 2.56 bits per heavy atom. The maximum absolute atomic E-state index is 10.8. The molecule has 1 aliphatic carbocycles. The van der Waals surface area contributed by atoms with Crippen LogP contribution in [-0.2, 0) is 9.53 Å². The van der Waals surface area contributed by atoms with E-state index in [1.54, 1.807) is 0 Å². The van der Waals surface area contributed by atoms with E-state index in [1.807, 2.05) is 6.92 Å². The van der Waals surface area contributed by atoms with E-state index in [4.69, 9.17) is 10.5 Å². The van der Waals surface area contributed by atoms with Crippen LogP contribution in [-0.4, -0.2) is 17.6 Å². The van der Waals surface area contributed by atoms with Gasteiger partial charge >= 0.3 is 5.97 Å². The predicted octanol–water partition coefficient (Wildman–Crippen LogP) is -0.351. The molecule has 0 radical (unpaired) electrons. The van der Waals surface area contributed by atoms with Crippen LogP contribution in [0.3, 0.4) is 0 Å². The number of esters is 1. The smallest absolute Gasteiger partial charge is 0.326 e. The SMILES string of the molecule is C[C@@H]1OC(=O)[C@@]2(N)C[C@@H]12. The minimum atomic E-state index is -0.570. The van der Waals surface area contributed by atoms with Crippen LogP contribution < -0.4 is 5.73 Å². The van der Waals surface area contributed by atoms with E-state index >= 15 is 0 Å². The van der Waals surface area contributed by atoms with E-state index in [0.29, 0.717) is 5.92 Å². The maximum Gasteiger partial charge on any atom is 0.326 e. The third-order valence-corrected chi connectivity index (χ3v) is 2.30. The van der Waals surface area contributed by atoms with E-state index in [0.717, 1.165) is 6.42 Å². The van der Waals surface area contributed by atoms with Crippen molar-refractivity contribution >= 4 is 5.97 Å². The topological polar surface area (TPSA) is 52.3 Å². The summed E-state index contributed by atoms with van der Waals surface area (Å²) in [6, 6.07) is 0. The second-order valence-corrected chi connectivity index (χ2v) is 2.96. The first-order valence-corrected chi connectivity index (χ1v) is 3.14. The lowest BCUT2D eigenvalue weighted by Gasteiger charge is -2.03. The zero-order valence-corrected chi connectivity index (χ0v) is 5.26. The molecule has 1 aliphatic heterocycles. The van der Waals surface area contributed by atoms with Gasteiger partial charge in [-0.25, -0.2) is 0 Å². The standard InChI is InChI=1S/C6H9NO2/c1-3-4-2-6(4,7)5(8)9-3/h3-4H,2,7H2,1H3/t3-,4-,6+/m0/s1. The van der Waals surface area contributed by atoms with Crippen molar-refractivity contribution in [1.29, 1.82) is 0 Å². The first kappa shape index (κ1) is 5.23. The van der Waals surface area contributed by atoms with Crippen LogP contribution >= 0.6 is 0 Å². The molecule has 1 saturated carbocycles. The number of carbonyl (C=O) groups excluding carboxylic acids is 1. The summed E-state index contributed by atoms with van der Waals surface area (Å²) in [6.07, 6.45) is 0.884. The van der Waals surface area contributed by atoms with Crippen LogP contribution in [0.4, 0.5) is 0 Å². The summed E-state index contributed by atoms with van der Waals surface area (Å²) in [5, 5.41) is 0. The molecular formula is C6H9NO2. The molecule has 9 heavy (non-hydrogen) atoms. The van der Waals surface area contributed by atoms with Crippen LogP contribution in [0.15, 0.2) is 0 Å². The quantitative estimate of drug-likeness (QED) is 0.452. The van der Waals surface area contributed by atoms with Gasteiger partial charge in [-0.3, -0.25) is 4.79 Å². The number of ether oxygens (including phenoxy) is 1. The second-order valence-electron chi connectivity index (χ2n) is 2.96. The number of cyclic esters (lactones) is 1. The molecule has 3 heteroatoms. The van der Waals surface area contributed by atoms with Crippen LogP contribution in [0.2, 0.25) is 0 Å². The highest BCUT2D eigenvalue weighted by Crippen LogP contribution is 2.50. The highest BCUT2D eigenvalue weighted by molar-refractivity contribution is 5.87. The first-order chi connectivity index (χ1) is 4.14. The highest BCUT2D eigenvalue weighted by atomic mass is 16.6. The van der Waals surface area contributed by atoms with Crippen molar-refractivity contribution in [3.05, 3.63) is 0 Å². The fourth-order valence-electron chi connectivity index (χ4n) is 1.49. The fourth-order valence-corrected chi connectivity index (χ4v) is 1.49. The van der Waals surface area contributed by atoms with E-state index < -0.39 is 5.54 Å². The molecule has 0 aromatic heterocycles. The lowest BCUT2D eigenvalue weighted by atomic mass is 10.2. The van der Waals surface area contributed by atoms with Gasteiger partial charge in [0.2, 0.25) is 0 Å². The largest absolute Gasteiger partial charge is 0.461 e. The number of nitrogens with two attached hydrogens (primary N) is 1. The third-order valence-electron chi connectivity index (χ3n) is 2.30. The summed E-state index contributed by atoms with van der Waals surface area (Å²) in [6.45, 7) is 1.89. The molecule has 0 unspecified atom stereocenters. The van der Waals surface area contributed by atoms with Crippen LogP contribution in [0, 0.1) is 5.92 Å². The molecule has 2 rings (SSSR count). The molecule has 1 saturated heterocycles. The van der Waals surface area contributed by atoms with E-state index in [2.05, 4.69) is 0 Å². The lowest BCUT2D eigenvalue weighted by molar-refractivity contribution is -0.145. The van der Waals surface area contributed by atoms with Crippen molar-refractivity contribution in [1.82, 2.24) is 0 Å². The Morgan fingerprint density at radius 3 is 2.67 bits per heavy atom. The molecule has 2 aliphatic rings. The fraction of sp³-hybridized carbons (Fsp3) is 0.833. The highest BCUT2D eigenvalue weighted by Gasteiger charge is 2.66. The van der Waals surface area contributed by atoms with E-state index in [9.17, 15) is 4.79 Å². The zero-order valence-electron chi connectivity index (χ0n) is 5.26. The number of rotatable bonds is 0. The summed E-state index contributed by atoms with van der Waals surface area (Å²) < 4.78 is 4.86. The molecule has 1 heterocycles. The van der Waals surface area contributed by atoms with Crippen molar-refractivity contribution in [2.45, 2.75) is 25.0 Å². The zero-order chi connectivity index (χ0) is 6.65. The molecule has 3 atom stereocenters. The third kappa shape index (κ3) is 0.435. The Kier molecular flexibility index (Phi) is 0.662. The van der Waals surface area contributed by atoms with Gasteiger partial charge in [0.1, 0.15) is 11.6 Å². The van der Waals surface area contributed by atoms with Crippen LogP contribution in [0.25, 0.3) is 0 Å². The number of fused-ring (bicyclic) bond motifs is 1. The Bertz CT molecular complexity index is 180. The molecule has 2 fully saturated rings. The van der Waals surface area contributed by atoms with E-state index in [1.165, 1.54) is 0 Å². The lowest BCUT2D eigenvalue weighted by Crippen LogP contribution is -2.31. The van der Waals surface area contributed by atoms with Gasteiger partial charge in [-0.15, -0.1) is 0 Å². The summed E-state index contributed by atoms with van der Waals surface area (Å²) >= 11 is 0. The maximum atomic E-state index is 10.8. The summed E-state index contributed by atoms with van der Waals surface area (Å²) in [7, 11) is 0. The Hall–Kier alpha value is -0.570. The van der Waals surface area contributed by atoms with Crippen LogP contribution in [0.1, 0.15) is 13.3 Å². The summed E-state index contributed by atoms with van der Waals surface area (Å²) in [5.74, 6) is 0.102. The van der Waals surface area contributed by atoms with Gasteiger partial charge in [-0.1, -0.05) is 0 Å².